The van der Waals surface area contributed by atoms with Crippen molar-refractivity contribution in [2.45, 2.75) is 11.5 Å². The number of hydrogen-bond donors (Lipinski definition) is 2. The Morgan fingerprint density at radius 2 is 1.73 bits per heavy atom. The fourth-order valence-corrected chi connectivity index (χ4v) is 4.02. The van der Waals surface area contributed by atoms with E-state index in [-0.39, 0.29) is 16.4 Å². The Hall–Kier alpha value is -2.94. The van der Waals surface area contributed by atoms with Gasteiger partial charge in [0.15, 0.2) is 0 Å². The average molecular weight is 449 g/mol. The molecule has 3 rings (SSSR count). The lowest BCUT2D eigenvalue weighted by Crippen LogP contribution is -2.18. The molecule has 0 aliphatic heterocycles. The number of ether oxygens (including phenoxy) is 1. The highest BCUT2D eigenvalue weighted by Crippen LogP contribution is 2.29. The molecule has 156 valence electrons. The summed E-state index contributed by atoms with van der Waals surface area (Å²) in [5.74, 6) is -1.35. The molecule has 1 amide bonds. The normalized spacial score (nSPS) is 11.2. The minimum Gasteiger partial charge on any atom is -0.380 e. The lowest BCUT2D eigenvalue weighted by Gasteiger charge is -2.14. The van der Waals surface area contributed by atoms with Gasteiger partial charge in [-0.25, -0.2) is 12.8 Å². The van der Waals surface area contributed by atoms with E-state index in [9.17, 15) is 17.6 Å². The van der Waals surface area contributed by atoms with Gasteiger partial charge >= 0.3 is 0 Å². The second-order valence-corrected chi connectivity index (χ2v) is 8.40. The molecule has 0 bridgehead atoms. The lowest BCUT2D eigenvalue weighted by atomic mass is 10.1. The number of nitrogens with one attached hydrogen (secondary N) is 2. The third-order valence-electron chi connectivity index (χ3n) is 4.13. The van der Waals surface area contributed by atoms with Crippen molar-refractivity contribution in [2.24, 2.45) is 0 Å². The molecule has 0 fully saturated rings. The van der Waals surface area contributed by atoms with Crippen LogP contribution in [-0.2, 0) is 21.4 Å². The SMILES string of the molecule is COCc1ccc(C(=O)Nc2cc(Cl)ccc2NS(=O)(=O)c2ccccc2F)cc1. The van der Waals surface area contributed by atoms with Crippen molar-refractivity contribution >= 4 is 38.9 Å². The standard InChI is InChI=1S/C21H18ClFN2O4S/c1-29-13-14-6-8-15(9-7-14)21(26)24-19-12-16(22)10-11-18(19)25-30(27,28)20-5-3-2-4-17(20)23/h2-12,25H,13H2,1H3,(H,24,26). The maximum absolute atomic E-state index is 14.0. The predicted molar refractivity (Wildman–Crippen MR) is 114 cm³/mol. The van der Waals surface area contributed by atoms with Crippen molar-refractivity contribution < 1.29 is 22.3 Å². The van der Waals surface area contributed by atoms with Crippen LogP contribution in [0.25, 0.3) is 0 Å². The molecule has 6 nitrogen and oxygen atoms in total. The first-order chi connectivity index (χ1) is 14.3. The first-order valence-electron chi connectivity index (χ1n) is 8.76. The number of sulfonamides is 1. The summed E-state index contributed by atoms with van der Waals surface area (Å²) in [5, 5.41) is 2.92. The maximum atomic E-state index is 14.0. The highest BCUT2D eigenvalue weighted by molar-refractivity contribution is 7.92. The Bertz CT molecular complexity index is 1170. The van der Waals surface area contributed by atoms with Crippen LogP contribution in [0.4, 0.5) is 15.8 Å². The molecule has 0 saturated carbocycles. The van der Waals surface area contributed by atoms with E-state index < -0.39 is 26.6 Å². The number of amides is 1. The van der Waals surface area contributed by atoms with Crippen LogP contribution in [0, 0.1) is 5.82 Å². The monoisotopic (exact) mass is 448 g/mol. The first kappa shape index (κ1) is 21.8. The van der Waals surface area contributed by atoms with Crippen LogP contribution in [0.15, 0.2) is 71.6 Å². The zero-order valence-corrected chi connectivity index (χ0v) is 17.4. The highest BCUT2D eigenvalue weighted by atomic mass is 35.5. The number of rotatable bonds is 7. The fraction of sp³-hybridized carbons (Fsp3) is 0.0952. The Balaban J connectivity index is 1.87. The fourth-order valence-electron chi connectivity index (χ4n) is 2.68. The van der Waals surface area contributed by atoms with Gasteiger partial charge in [-0.3, -0.25) is 9.52 Å². The van der Waals surface area contributed by atoms with E-state index in [1.807, 2.05) is 0 Å². The van der Waals surface area contributed by atoms with Crippen molar-refractivity contribution in [3.63, 3.8) is 0 Å². The molecule has 0 saturated heterocycles. The second kappa shape index (κ2) is 9.25. The number of anilines is 2. The summed E-state index contributed by atoms with van der Waals surface area (Å²) in [5.41, 5.74) is 1.44. The van der Waals surface area contributed by atoms with Gasteiger partial charge in [-0.05, 0) is 48.0 Å². The van der Waals surface area contributed by atoms with Crippen LogP contribution < -0.4 is 10.0 Å². The predicted octanol–water partition coefficient (Wildman–Crippen LogP) is 4.68. The Kier molecular flexibility index (Phi) is 6.71. The molecule has 0 aromatic heterocycles. The minimum absolute atomic E-state index is 0.0482. The number of halogens is 2. The Labute approximate surface area is 178 Å². The van der Waals surface area contributed by atoms with E-state index in [1.54, 1.807) is 31.4 Å². The Morgan fingerprint density at radius 1 is 1.03 bits per heavy atom. The van der Waals surface area contributed by atoms with Crippen LogP contribution in [0.3, 0.4) is 0 Å². The van der Waals surface area contributed by atoms with Gasteiger partial charge in [0.25, 0.3) is 15.9 Å². The molecular formula is C21H18ClFN2O4S. The van der Waals surface area contributed by atoms with Crippen LogP contribution in [0.2, 0.25) is 5.02 Å². The number of hydrogen-bond acceptors (Lipinski definition) is 4. The molecule has 0 radical (unpaired) electrons. The summed E-state index contributed by atoms with van der Waals surface area (Å²) in [7, 11) is -2.65. The lowest BCUT2D eigenvalue weighted by molar-refractivity contribution is 0.102. The van der Waals surface area contributed by atoms with Crippen molar-refractivity contribution in [3.8, 4) is 0 Å². The van der Waals surface area contributed by atoms with Crippen LogP contribution in [-0.4, -0.2) is 21.4 Å². The molecule has 3 aromatic rings. The summed E-state index contributed by atoms with van der Waals surface area (Å²) < 4.78 is 46.5. The van der Waals surface area contributed by atoms with Gasteiger partial charge in [-0.15, -0.1) is 0 Å². The second-order valence-electron chi connectivity index (χ2n) is 6.31. The van der Waals surface area contributed by atoms with Gasteiger partial charge < -0.3 is 10.1 Å². The van der Waals surface area contributed by atoms with Gasteiger partial charge in [-0.1, -0.05) is 35.9 Å². The van der Waals surface area contributed by atoms with Gasteiger partial charge in [0.1, 0.15) is 10.7 Å². The van der Waals surface area contributed by atoms with Gasteiger partial charge in [-0.2, -0.15) is 0 Å². The summed E-state index contributed by atoms with van der Waals surface area (Å²) in [6, 6.07) is 16.0. The summed E-state index contributed by atoms with van der Waals surface area (Å²) >= 11 is 6.01. The molecule has 0 aliphatic carbocycles. The zero-order valence-electron chi connectivity index (χ0n) is 15.9. The van der Waals surface area contributed by atoms with Crippen LogP contribution in [0.5, 0.6) is 0 Å². The number of carbonyl (C=O) groups is 1. The number of benzene rings is 3. The molecule has 0 spiro atoms. The molecule has 0 unspecified atom stereocenters. The smallest absolute Gasteiger partial charge is 0.264 e. The Morgan fingerprint density at radius 3 is 2.40 bits per heavy atom. The third kappa shape index (κ3) is 5.15. The van der Waals surface area contributed by atoms with Gasteiger partial charge in [0.2, 0.25) is 0 Å². The van der Waals surface area contributed by atoms with E-state index in [1.165, 1.54) is 30.3 Å². The van der Waals surface area contributed by atoms with Crippen molar-refractivity contribution in [1.82, 2.24) is 0 Å². The molecule has 0 atom stereocenters. The quantitative estimate of drug-likeness (QED) is 0.549. The first-order valence-corrected chi connectivity index (χ1v) is 10.6. The van der Waals surface area contributed by atoms with Crippen molar-refractivity contribution in [2.75, 3.05) is 17.1 Å². The minimum atomic E-state index is -4.23. The zero-order chi connectivity index (χ0) is 21.7. The molecule has 9 heteroatoms. The van der Waals surface area contributed by atoms with E-state index >= 15 is 0 Å². The van der Waals surface area contributed by atoms with Crippen molar-refractivity contribution in [3.05, 3.63) is 88.7 Å². The molecule has 0 heterocycles. The summed E-state index contributed by atoms with van der Waals surface area (Å²) in [4.78, 5) is 12.1. The molecule has 30 heavy (non-hydrogen) atoms. The van der Waals surface area contributed by atoms with Gasteiger partial charge in [0.05, 0.1) is 18.0 Å². The molecule has 2 N–H and O–H groups in total. The number of methoxy groups -OCH3 is 1. The largest absolute Gasteiger partial charge is 0.380 e. The summed E-state index contributed by atoms with van der Waals surface area (Å²) in [6.07, 6.45) is 0. The highest BCUT2D eigenvalue weighted by Gasteiger charge is 2.21. The molecule has 0 aliphatic rings. The van der Waals surface area contributed by atoms with E-state index in [0.29, 0.717) is 12.2 Å². The topological polar surface area (TPSA) is 84.5 Å². The summed E-state index contributed by atoms with van der Waals surface area (Å²) in [6.45, 7) is 0.415. The van der Waals surface area contributed by atoms with Crippen LogP contribution >= 0.6 is 11.6 Å². The van der Waals surface area contributed by atoms with E-state index in [4.69, 9.17) is 16.3 Å². The van der Waals surface area contributed by atoms with E-state index in [2.05, 4.69) is 10.0 Å². The molecule has 3 aromatic carbocycles. The van der Waals surface area contributed by atoms with E-state index in [0.717, 1.165) is 17.7 Å². The third-order valence-corrected chi connectivity index (χ3v) is 5.76. The molecular weight excluding hydrogens is 431 g/mol. The average Bonchev–Trinajstić information content (AvgIpc) is 2.71. The maximum Gasteiger partial charge on any atom is 0.264 e. The number of carbonyl (C=O) groups excluding carboxylic acids is 1. The van der Waals surface area contributed by atoms with Crippen LogP contribution in [0.1, 0.15) is 15.9 Å². The van der Waals surface area contributed by atoms with Crippen molar-refractivity contribution in [1.29, 1.82) is 0 Å². The van der Waals surface area contributed by atoms with Gasteiger partial charge in [0, 0.05) is 17.7 Å².